The summed E-state index contributed by atoms with van der Waals surface area (Å²) in [5, 5.41) is 0.541. The molecule has 0 saturated carbocycles. The maximum Gasteiger partial charge on any atom is 0.193 e. The van der Waals surface area contributed by atoms with Crippen molar-refractivity contribution >= 4 is 29.8 Å². The summed E-state index contributed by atoms with van der Waals surface area (Å²) >= 11 is 5.99. The molecule has 3 rings (SSSR count). The summed E-state index contributed by atoms with van der Waals surface area (Å²) in [4.78, 5) is 16.8. The number of ether oxygens (including phenoxy) is 1. The Morgan fingerprint density at radius 2 is 2.24 bits per heavy atom. The van der Waals surface area contributed by atoms with E-state index < -0.39 is 0 Å². The fraction of sp³-hybridized carbons (Fsp3) is 0.333. The second-order valence-electron chi connectivity index (χ2n) is 4.90. The van der Waals surface area contributed by atoms with Gasteiger partial charge in [-0.3, -0.25) is 4.79 Å². The van der Waals surface area contributed by atoms with Crippen LogP contribution < -0.4 is 4.74 Å². The molecule has 1 aliphatic heterocycles. The highest BCUT2D eigenvalue weighted by molar-refractivity contribution is 6.31. The van der Waals surface area contributed by atoms with Gasteiger partial charge in [0.15, 0.2) is 5.78 Å². The molecule has 0 spiro atoms. The van der Waals surface area contributed by atoms with Gasteiger partial charge in [0.25, 0.3) is 0 Å². The molecular weight excluding hydrogens is 311 g/mol. The van der Waals surface area contributed by atoms with E-state index in [-0.39, 0.29) is 30.3 Å². The lowest BCUT2D eigenvalue weighted by atomic mass is 9.93. The molecule has 0 bridgehead atoms. The molecule has 1 aliphatic rings. The van der Waals surface area contributed by atoms with Gasteiger partial charge in [-0.05, 0) is 24.6 Å². The Bertz CT molecular complexity index is 629. The number of rotatable bonds is 3. The number of Topliss-reactive ketones (excluding diaryl/α,β-unsaturated/α-hetero) is 1. The highest BCUT2D eigenvalue weighted by Crippen LogP contribution is 2.36. The van der Waals surface area contributed by atoms with Crippen LogP contribution in [0.2, 0.25) is 5.02 Å². The summed E-state index contributed by atoms with van der Waals surface area (Å²) in [5.41, 5.74) is 0.545. The zero-order chi connectivity index (χ0) is 14.1. The Labute approximate surface area is 134 Å². The topological polar surface area (TPSA) is 44.1 Å². The van der Waals surface area contributed by atoms with Crippen molar-refractivity contribution in [3.8, 4) is 5.75 Å². The molecule has 0 fully saturated rings. The lowest BCUT2D eigenvalue weighted by Crippen LogP contribution is -2.39. The highest BCUT2D eigenvalue weighted by atomic mass is 35.5. The van der Waals surface area contributed by atoms with E-state index in [0.717, 1.165) is 12.8 Å². The average molecular weight is 327 g/mol. The molecule has 0 amide bonds. The van der Waals surface area contributed by atoms with E-state index in [1.165, 1.54) is 0 Å². The van der Waals surface area contributed by atoms with Crippen LogP contribution in [0.5, 0.6) is 5.75 Å². The molecule has 6 heteroatoms. The Morgan fingerprint density at radius 1 is 1.43 bits per heavy atom. The SMILES string of the molecule is CCCC1Oc2ccc(Cl)cc2C(=O)C1n1ccnc1.Cl. The van der Waals surface area contributed by atoms with Gasteiger partial charge in [-0.1, -0.05) is 24.9 Å². The minimum Gasteiger partial charge on any atom is -0.487 e. The number of benzene rings is 1. The average Bonchev–Trinajstić information content (AvgIpc) is 2.94. The normalized spacial score (nSPS) is 20.4. The molecule has 0 saturated heterocycles. The fourth-order valence-corrected chi connectivity index (χ4v) is 2.79. The van der Waals surface area contributed by atoms with Crippen molar-refractivity contribution in [3.05, 3.63) is 47.5 Å². The number of hydrogen-bond donors (Lipinski definition) is 0. The van der Waals surface area contributed by atoms with Gasteiger partial charge >= 0.3 is 0 Å². The van der Waals surface area contributed by atoms with E-state index in [2.05, 4.69) is 11.9 Å². The third-order valence-electron chi connectivity index (χ3n) is 3.53. The molecule has 21 heavy (non-hydrogen) atoms. The molecule has 2 unspecified atom stereocenters. The predicted octanol–water partition coefficient (Wildman–Crippen LogP) is 3.94. The minimum absolute atomic E-state index is 0. The number of aromatic nitrogens is 2. The van der Waals surface area contributed by atoms with Crippen LogP contribution in [0, 0.1) is 0 Å². The van der Waals surface area contributed by atoms with Crippen LogP contribution in [0.4, 0.5) is 0 Å². The second kappa shape index (κ2) is 6.50. The van der Waals surface area contributed by atoms with Gasteiger partial charge in [0.1, 0.15) is 17.9 Å². The minimum atomic E-state index is -0.372. The van der Waals surface area contributed by atoms with Gasteiger partial charge in [-0.25, -0.2) is 4.98 Å². The van der Waals surface area contributed by atoms with Crippen LogP contribution in [-0.4, -0.2) is 21.4 Å². The second-order valence-corrected chi connectivity index (χ2v) is 5.34. The first-order chi connectivity index (χ1) is 9.70. The van der Waals surface area contributed by atoms with Crippen molar-refractivity contribution in [2.45, 2.75) is 31.9 Å². The number of carbonyl (C=O) groups is 1. The van der Waals surface area contributed by atoms with E-state index in [0.29, 0.717) is 16.3 Å². The molecular formula is C15H16Cl2N2O2. The van der Waals surface area contributed by atoms with Crippen molar-refractivity contribution in [2.75, 3.05) is 0 Å². The lowest BCUT2D eigenvalue weighted by Gasteiger charge is -2.33. The number of halogens is 2. The number of ketones is 1. The first kappa shape index (κ1) is 15.9. The van der Waals surface area contributed by atoms with Crippen LogP contribution in [0.3, 0.4) is 0 Å². The first-order valence-corrected chi connectivity index (χ1v) is 7.06. The molecule has 2 heterocycles. The van der Waals surface area contributed by atoms with Gasteiger partial charge in [0.05, 0.1) is 11.9 Å². The quantitative estimate of drug-likeness (QED) is 0.857. The summed E-state index contributed by atoms with van der Waals surface area (Å²) in [5.74, 6) is 0.652. The third-order valence-corrected chi connectivity index (χ3v) is 3.76. The van der Waals surface area contributed by atoms with Crippen molar-refractivity contribution in [1.82, 2.24) is 9.55 Å². The van der Waals surface area contributed by atoms with Crippen molar-refractivity contribution < 1.29 is 9.53 Å². The standard InChI is InChI=1S/C15H15ClN2O2.ClH/c1-2-3-13-14(18-7-6-17-9-18)15(19)11-8-10(16)4-5-12(11)20-13;/h4-9,13-14H,2-3H2,1H3;1H. The maximum atomic E-state index is 12.8. The molecule has 0 aliphatic carbocycles. The Morgan fingerprint density at radius 3 is 2.90 bits per heavy atom. The monoisotopic (exact) mass is 326 g/mol. The van der Waals surface area contributed by atoms with Crippen LogP contribution in [-0.2, 0) is 0 Å². The zero-order valence-electron chi connectivity index (χ0n) is 11.5. The largest absolute Gasteiger partial charge is 0.487 e. The molecule has 1 aromatic heterocycles. The van der Waals surface area contributed by atoms with Gasteiger partial charge in [0, 0.05) is 17.4 Å². The Hall–Kier alpha value is -1.52. The van der Waals surface area contributed by atoms with E-state index in [1.807, 2.05) is 4.57 Å². The van der Waals surface area contributed by atoms with E-state index in [1.54, 1.807) is 36.9 Å². The molecule has 2 atom stereocenters. The highest BCUT2D eigenvalue weighted by Gasteiger charge is 2.37. The van der Waals surface area contributed by atoms with Crippen LogP contribution in [0.15, 0.2) is 36.9 Å². The summed E-state index contributed by atoms with van der Waals surface area (Å²) < 4.78 is 7.82. The molecule has 2 aromatic rings. The molecule has 112 valence electrons. The number of nitrogens with zero attached hydrogens (tertiary/aromatic N) is 2. The van der Waals surface area contributed by atoms with Crippen molar-refractivity contribution in [1.29, 1.82) is 0 Å². The summed E-state index contributed by atoms with van der Waals surface area (Å²) in [7, 11) is 0. The van der Waals surface area contributed by atoms with Crippen molar-refractivity contribution in [3.63, 3.8) is 0 Å². The fourth-order valence-electron chi connectivity index (χ4n) is 2.62. The Balaban J connectivity index is 0.00000161. The van der Waals surface area contributed by atoms with Gasteiger partial charge < -0.3 is 9.30 Å². The zero-order valence-corrected chi connectivity index (χ0v) is 13.1. The third kappa shape index (κ3) is 2.92. The summed E-state index contributed by atoms with van der Waals surface area (Å²) in [6, 6.07) is 4.81. The van der Waals surface area contributed by atoms with Gasteiger partial charge in [-0.15, -0.1) is 12.4 Å². The molecule has 0 N–H and O–H groups in total. The summed E-state index contributed by atoms with van der Waals surface area (Å²) in [6.07, 6.45) is 6.72. The van der Waals surface area contributed by atoms with Crippen LogP contribution in [0.25, 0.3) is 0 Å². The molecule has 0 radical (unpaired) electrons. The van der Waals surface area contributed by atoms with Crippen LogP contribution >= 0.6 is 24.0 Å². The van der Waals surface area contributed by atoms with Crippen LogP contribution in [0.1, 0.15) is 36.2 Å². The number of hydrogen-bond acceptors (Lipinski definition) is 3. The predicted molar refractivity (Wildman–Crippen MR) is 83.6 cm³/mol. The lowest BCUT2D eigenvalue weighted by molar-refractivity contribution is 0.0656. The number of imidazole rings is 1. The Kier molecular flexibility index (Phi) is 4.91. The van der Waals surface area contributed by atoms with Crippen molar-refractivity contribution in [2.24, 2.45) is 0 Å². The number of fused-ring (bicyclic) bond motifs is 1. The molecule has 1 aromatic carbocycles. The summed E-state index contributed by atoms with van der Waals surface area (Å²) in [6.45, 7) is 2.08. The number of carbonyl (C=O) groups excluding carboxylic acids is 1. The van der Waals surface area contributed by atoms with E-state index in [4.69, 9.17) is 16.3 Å². The first-order valence-electron chi connectivity index (χ1n) is 6.68. The van der Waals surface area contributed by atoms with E-state index >= 15 is 0 Å². The van der Waals surface area contributed by atoms with Gasteiger partial charge in [0.2, 0.25) is 0 Å². The smallest absolute Gasteiger partial charge is 0.193 e. The van der Waals surface area contributed by atoms with Gasteiger partial charge in [-0.2, -0.15) is 0 Å². The maximum absolute atomic E-state index is 12.8. The molecule has 4 nitrogen and oxygen atoms in total. The van der Waals surface area contributed by atoms with E-state index in [9.17, 15) is 4.79 Å².